The molecule has 0 unspecified atom stereocenters. The minimum absolute atomic E-state index is 0.0335. The third-order valence-corrected chi connectivity index (χ3v) is 4.36. The number of benzene rings is 2. The highest BCUT2D eigenvalue weighted by Crippen LogP contribution is 2.30. The summed E-state index contributed by atoms with van der Waals surface area (Å²) in [5.74, 6) is -0.0604. The van der Waals surface area contributed by atoms with Crippen molar-refractivity contribution in [2.75, 3.05) is 7.11 Å². The first kappa shape index (κ1) is 20.3. The number of nitrogens with zero attached hydrogens (tertiary/aromatic N) is 1. The van der Waals surface area contributed by atoms with Crippen molar-refractivity contribution >= 4 is 23.9 Å². The van der Waals surface area contributed by atoms with Gasteiger partial charge in [-0.1, -0.05) is 39.0 Å². The van der Waals surface area contributed by atoms with Crippen LogP contribution in [-0.2, 0) is 19.7 Å². The third-order valence-electron chi connectivity index (χ3n) is 4.36. The van der Waals surface area contributed by atoms with E-state index in [1.807, 2.05) is 24.3 Å². The summed E-state index contributed by atoms with van der Waals surface area (Å²) in [5.41, 5.74) is 2.73. The zero-order valence-electron chi connectivity index (χ0n) is 17.1. The average molecular weight is 393 g/mol. The Kier molecular flexibility index (Phi) is 5.55. The van der Waals surface area contributed by atoms with Gasteiger partial charge in [-0.3, -0.25) is 4.79 Å². The van der Waals surface area contributed by atoms with Gasteiger partial charge in [0.1, 0.15) is 0 Å². The molecule has 0 N–H and O–H groups in total. The van der Waals surface area contributed by atoms with Crippen LogP contribution in [0.3, 0.4) is 0 Å². The number of carbonyl (C=O) groups excluding carboxylic acids is 2. The molecule has 1 aliphatic rings. The molecule has 0 atom stereocenters. The summed E-state index contributed by atoms with van der Waals surface area (Å²) < 4.78 is 15.7. The quantitative estimate of drug-likeness (QED) is 0.441. The second-order valence-corrected chi connectivity index (χ2v) is 7.67. The zero-order chi connectivity index (χ0) is 21.2. The third kappa shape index (κ3) is 4.71. The summed E-state index contributed by atoms with van der Waals surface area (Å²) in [6.45, 7) is 7.71. The van der Waals surface area contributed by atoms with Gasteiger partial charge in [-0.05, 0) is 46.9 Å². The van der Waals surface area contributed by atoms with Crippen LogP contribution < -0.4 is 9.47 Å². The Balaban J connectivity index is 1.89. The maximum atomic E-state index is 12.3. The largest absolute Gasteiger partial charge is 0.493 e. The predicted molar refractivity (Wildman–Crippen MR) is 110 cm³/mol. The van der Waals surface area contributed by atoms with Gasteiger partial charge in [-0.25, -0.2) is 9.79 Å². The number of hydrogen-bond donors (Lipinski definition) is 0. The summed E-state index contributed by atoms with van der Waals surface area (Å²) in [5, 5.41) is 0. The number of rotatable bonds is 4. The van der Waals surface area contributed by atoms with Gasteiger partial charge in [0.2, 0.25) is 5.90 Å². The lowest BCUT2D eigenvalue weighted by molar-refractivity contribution is -0.132. The van der Waals surface area contributed by atoms with Crippen molar-refractivity contribution in [3.05, 3.63) is 64.9 Å². The minimum Gasteiger partial charge on any atom is -0.493 e. The van der Waals surface area contributed by atoms with Crippen LogP contribution in [-0.4, -0.2) is 24.9 Å². The number of carbonyl (C=O) groups is 2. The van der Waals surface area contributed by atoms with E-state index in [0.29, 0.717) is 11.3 Å². The van der Waals surface area contributed by atoms with E-state index in [-0.39, 0.29) is 22.8 Å². The Bertz CT molecular complexity index is 1010. The van der Waals surface area contributed by atoms with E-state index in [1.54, 1.807) is 24.3 Å². The molecule has 0 spiro atoms. The SMILES string of the molecule is COc1ccc(C=C2N=C(c3ccc(C(C)(C)C)cc3)OC2=O)cc1OC(C)=O. The first-order valence-electron chi connectivity index (χ1n) is 9.17. The summed E-state index contributed by atoms with van der Waals surface area (Å²) in [4.78, 5) is 27.9. The molecular formula is C23H23NO5. The van der Waals surface area contributed by atoms with E-state index in [9.17, 15) is 9.59 Å². The second-order valence-electron chi connectivity index (χ2n) is 7.67. The fourth-order valence-electron chi connectivity index (χ4n) is 2.82. The van der Waals surface area contributed by atoms with Crippen LogP contribution in [0.2, 0.25) is 0 Å². The van der Waals surface area contributed by atoms with E-state index < -0.39 is 11.9 Å². The molecule has 1 aliphatic heterocycles. The molecule has 2 aromatic carbocycles. The lowest BCUT2D eigenvalue weighted by Crippen LogP contribution is -2.11. The molecule has 6 nitrogen and oxygen atoms in total. The van der Waals surface area contributed by atoms with Crippen molar-refractivity contribution in [3.63, 3.8) is 0 Å². The average Bonchev–Trinajstić information content (AvgIpc) is 3.01. The van der Waals surface area contributed by atoms with Gasteiger partial charge in [0.05, 0.1) is 7.11 Å². The molecule has 0 radical (unpaired) electrons. The Morgan fingerprint density at radius 2 is 1.76 bits per heavy atom. The Morgan fingerprint density at radius 1 is 1.07 bits per heavy atom. The van der Waals surface area contributed by atoms with E-state index in [4.69, 9.17) is 14.2 Å². The number of aliphatic imine (C=N–C) groups is 1. The topological polar surface area (TPSA) is 74.2 Å². The van der Waals surface area contributed by atoms with Gasteiger partial charge in [0.25, 0.3) is 0 Å². The lowest BCUT2D eigenvalue weighted by atomic mass is 9.87. The van der Waals surface area contributed by atoms with Crippen molar-refractivity contribution in [2.24, 2.45) is 4.99 Å². The molecule has 0 saturated heterocycles. The number of hydrogen-bond acceptors (Lipinski definition) is 6. The molecule has 3 rings (SSSR count). The number of cyclic esters (lactones) is 1. The normalized spacial score (nSPS) is 15.1. The van der Waals surface area contributed by atoms with Crippen molar-refractivity contribution < 1.29 is 23.8 Å². The molecule has 0 fully saturated rings. The van der Waals surface area contributed by atoms with Gasteiger partial charge in [0, 0.05) is 12.5 Å². The van der Waals surface area contributed by atoms with Gasteiger partial charge >= 0.3 is 11.9 Å². The van der Waals surface area contributed by atoms with Gasteiger partial charge in [-0.15, -0.1) is 0 Å². The summed E-state index contributed by atoms with van der Waals surface area (Å²) in [6, 6.07) is 12.8. The maximum absolute atomic E-state index is 12.3. The van der Waals surface area contributed by atoms with Crippen LogP contribution >= 0.6 is 0 Å². The molecule has 1 heterocycles. The monoisotopic (exact) mass is 393 g/mol. The van der Waals surface area contributed by atoms with Crippen molar-refractivity contribution in [1.82, 2.24) is 0 Å². The molecule has 150 valence electrons. The van der Waals surface area contributed by atoms with Crippen molar-refractivity contribution in [3.8, 4) is 11.5 Å². The van der Waals surface area contributed by atoms with Crippen molar-refractivity contribution in [2.45, 2.75) is 33.1 Å². The summed E-state index contributed by atoms with van der Waals surface area (Å²) >= 11 is 0. The van der Waals surface area contributed by atoms with Crippen LogP contribution in [0.4, 0.5) is 0 Å². The van der Waals surface area contributed by atoms with Crippen LogP contribution in [0.5, 0.6) is 11.5 Å². The number of esters is 2. The van der Waals surface area contributed by atoms with E-state index in [0.717, 1.165) is 5.56 Å². The Morgan fingerprint density at radius 3 is 2.34 bits per heavy atom. The maximum Gasteiger partial charge on any atom is 0.363 e. The van der Waals surface area contributed by atoms with E-state index in [2.05, 4.69) is 25.8 Å². The summed E-state index contributed by atoms with van der Waals surface area (Å²) in [7, 11) is 1.48. The highest BCUT2D eigenvalue weighted by atomic mass is 16.6. The molecule has 2 aromatic rings. The Hall–Kier alpha value is -3.41. The molecule has 0 bridgehead atoms. The van der Waals surface area contributed by atoms with Gasteiger partial charge in [-0.2, -0.15) is 0 Å². The molecule has 6 heteroatoms. The number of ether oxygens (including phenoxy) is 3. The molecule has 0 aliphatic carbocycles. The van der Waals surface area contributed by atoms with Gasteiger partial charge in [0.15, 0.2) is 17.2 Å². The molecule has 0 amide bonds. The van der Waals surface area contributed by atoms with Crippen LogP contribution in [0, 0.1) is 0 Å². The zero-order valence-corrected chi connectivity index (χ0v) is 17.1. The highest BCUT2D eigenvalue weighted by Gasteiger charge is 2.25. The van der Waals surface area contributed by atoms with Crippen LogP contribution in [0.15, 0.2) is 53.2 Å². The molecule has 0 aromatic heterocycles. The van der Waals surface area contributed by atoms with Crippen LogP contribution in [0.25, 0.3) is 6.08 Å². The minimum atomic E-state index is -0.537. The standard InChI is InChI=1S/C23H23NO5/c1-14(25)28-20-13-15(6-11-19(20)27-5)12-18-22(26)29-21(24-18)16-7-9-17(10-8-16)23(2,3)4/h6-13H,1-5H3. The first-order valence-corrected chi connectivity index (χ1v) is 9.17. The van der Waals surface area contributed by atoms with Crippen molar-refractivity contribution in [1.29, 1.82) is 0 Å². The fourth-order valence-corrected chi connectivity index (χ4v) is 2.82. The predicted octanol–water partition coefficient (Wildman–Crippen LogP) is 4.26. The number of methoxy groups -OCH3 is 1. The van der Waals surface area contributed by atoms with E-state index >= 15 is 0 Å². The molecule has 0 saturated carbocycles. The smallest absolute Gasteiger partial charge is 0.363 e. The fraction of sp³-hybridized carbons (Fsp3) is 0.261. The lowest BCUT2D eigenvalue weighted by Gasteiger charge is -2.18. The Labute approximate surface area is 169 Å². The van der Waals surface area contributed by atoms with E-state index in [1.165, 1.54) is 19.6 Å². The summed E-state index contributed by atoms with van der Waals surface area (Å²) in [6.07, 6.45) is 1.57. The highest BCUT2D eigenvalue weighted by molar-refractivity contribution is 6.12. The first-order chi connectivity index (χ1) is 13.7. The van der Waals surface area contributed by atoms with Gasteiger partial charge < -0.3 is 14.2 Å². The molecular weight excluding hydrogens is 370 g/mol. The van der Waals surface area contributed by atoms with Crippen LogP contribution in [0.1, 0.15) is 44.4 Å². The second kappa shape index (κ2) is 7.91. The molecule has 29 heavy (non-hydrogen) atoms.